The largest absolute Gasteiger partial charge is 0.379 e. The van der Waals surface area contributed by atoms with Crippen LogP contribution in [0, 0.1) is 0 Å². The molecule has 1 aromatic rings. The first kappa shape index (κ1) is 11.1. The van der Waals surface area contributed by atoms with Gasteiger partial charge in [-0.3, -0.25) is 0 Å². The number of likely N-dealkylation sites (N-methyl/N-ethyl adjacent to an activating group) is 1. The van der Waals surface area contributed by atoms with Crippen LogP contribution in [-0.4, -0.2) is 31.1 Å². The molecule has 1 atom stereocenters. The van der Waals surface area contributed by atoms with E-state index in [0.717, 1.165) is 25.2 Å². The van der Waals surface area contributed by atoms with Crippen LogP contribution in [0.3, 0.4) is 0 Å². The number of para-hydroxylation sites is 1. The Bertz CT molecular complexity index is 334. The molecule has 2 rings (SSSR count). The number of nitrogens with one attached hydrogen (secondary N) is 1. The van der Waals surface area contributed by atoms with Crippen molar-refractivity contribution in [1.29, 1.82) is 0 Å². The first-order valence-electron chi connectivity index (χ1n) is 5.06. The van der Waals surface area contributed by atoms with E-state index in [4.69, 9.17) is 23.2 Å². The number of hydrogen-bond acceptors (Lipinski definition) is 2. The van der Waals surface area contributed by atoms with Crippen molar-refractivity contribution in [3.8, 4) is 0 Å². The average Bonchev–Trinajstić information content (AvgIpc) is 2.58. The third kappa shape index (κ3) is 2.57. The highest BCUT2D eigenvalue weighted by Gasteiger charge is 2.20. The molecular formula is C11H14Cl2N2. The quantitative estimate of drug-likeness (QED) is 0.861. The van der Waals surface area contributed by atoms with E-state index in [1.54, 1.807) is 0 Å². The average molecular weight is 245 g/mol. The Labute approximate surface area is 100 Å². The van der Waals surface area contributed by atoms with Crippen molar-refractivity contribution in [2.24, 2.45) is 0 Å². The lowest BCUT2D eigenvalue weighted by Crippen LogP contribution is -2.23. The van der Waals surface area contributed by atoms with Gasteiger partial charge in [0.25, 0.3) is 0 Å². The van der Waals surface area contributed by atoms with Gasteiger partial charge in [0, 0.05) is 12.6 Å². The molecule has 1 heterocycles. The molecule has 1 aliphatic rings. The zero-order valence-electron chi connectivity index (χ0n) is 8.63. The fourth-order valence-corrected chi connectivity index (χ4v) is 2.40. The van der Waals surface area contributed by atoms with E-state index in [0.29, 0.717) is 16.1 Å². The van der Waals surface area contributed by atoms with Crippen molar-refractivity contribution in [3.05, 3.63) is 28.2 Å². The summed E-state index contributed by atoms with van der Waals surface area (Å²) in [5, 5.41) is 4.79. The van der Waals surface area contributed by atoms with E-state index in [-0.39, 0.29) is 0 Å². The highest BCUT2D eigenvalue weighted by molar-refractivity contribution is 6.39. The number of hydrogen-bond donors (Lipinski definition) is 1. The van der Waals surface area contributed by atoms with Gasteiger partial charge < -0.3 is 10.2 Å². The lowest BCUT2D eigenvalue weighted by atomic mass is 10.2. The Hall–Kier alpha value is -0.440. The van der Waals surface area contributed by atoms with Gasteiger partial charge in [-0.15, -0.1) is 0 Å². The van der Waals surface area contributed by atoms with Gasteiger partial charge in [0.1, 0.15) is 0 Å². The summed E-state index contributed by atoms with van der Waals surface area (Å²) < 4.78 is 0. The molecule has 0 radical (unpaired) electrons. The van der Waals surface area contributed by atoms with Gasteiger partial charge in [-0.1, -0.05) is 29.3 Å². The van der Waals surface area contributed by atoms with Crippen molar-refractivity contribution in [1.82, 2.24) is 4.90 Å². The summed E-state index contributed by atoms with van der Waals surface area (Å²) in [6.07, 6.45) is 1.14. The van der Waals surface area contributed by atoms with E-state index in [1.807, 2.05) is 18.2 Å². The topological polar surface area (TPSA) is 15.3 Å². The SMILES string of the molecule is CN1CCC(Nc2c(Cl)cccc2Cl)C1. The van der Waals surface area contributed by atoms with Crippen LogP contribution in [0.2, 0.25) is 10.0 Å². The standard InChI is InChI=1S/C11H14Cl2N2/c1-15-6-5-8(7-15)14-11-9(12)3-2-4-10(11)13/h2-4,8,14H,5-7H2,1H3. The first-order valence-corrected chi connectivity index (χ1v) is 5.81. The third-order valence-electron chi connectivity index (χ3n) is 2.70. The van der Waals surface area contributed by atoms with E-state index in [1.165, 1.54) is 0 Å². The van der Waals surface area contributed by atoms with Gasteiger partial charge in [-0.05, 0) is 32.1 Å². The van der Waals surface area contributed by atoms with Crippen molar-refractivity contribution in [2.45, 2.75) is 12.5 Å². The van der Waals surface area contributed by atoms with E-state index in [9.17, 15) is 0 Å². The molecule has 1 N–H and O–H groups in total. The van der Waals surface area contributed by atoms with Crippen LogP contribution < -0.4 is 5.32 Å². The number of anilines is 1. The van der Waals surface area contributed by atoms with Gasteiger partial charge in [-0.25, -0.2) is 0 Å². The number of rotatable bonds is 2. The van der Waals surface area contributed by atoms with Crippen molar-refractivity contribution in [3.63, 3.8) is 0 Å². The van der Waals surface area contributed by atoms with Gasteiger partial charge in [0.2, 0.25) is 0 Å². The molecule has 1 fully saturated rings. The predicted octanol–water partition coefficient (Wildman–Crippen LogP) is 3.11. The lowest BCUT2D eigenvalue weighted by Gasteiger charge is -2.16. The van der Waals surface area contributed by atoms with Crippen molar-refractivity contribution in [2.75, 3.05) is 25.5 Å². The molecule has 15 heavy (non-hydrogen) atoms. The van der Waals surface area contributed by atoms with E-state index in [2.05, 4.69) is 17.3 Å². The number of halogens is 2. The summed E-state index contributed by atoms with van der Waals surface area (Å²) in [6.45, 7) is 2.17. The second-order valence-corrected chi connectivity index (χ2v) is 4.80. The molecule has 2 nitrogen and oxygen atoms in total. The summed E-state index contributed by atoms with van der Waals surface area (Å²) in [5.74, 6) is 0. The molecular weight excluding hydrogens is 231 g/mol. The van der Waals surface area contributed by atoms with Gasteiger partial charge in [0.15, 0.2) is 0 Å². The molecule has 0 aromatic heterocycles. The van der Waals surface area contributed by atoms with Crippen molar-refractivity contribution < 1.29 is 0 Å². The lowest BCUT2D eigenvalue weighted by molar-refractivity contribution is 0.414. The summed E-state index contributed by atoms with van der Waals surface area (Å²) in [7, 11) is 2.12. The Morgan fingerprint density at radius 2 is 2.00 bits per heavy atom. The minimum atomic E-state index is 0.451. The summed E-state index contributed by atoms with van der Waals surface area (Å²) in [6, 6.07) is 6.02. The van der Waals surface area contributed by atoms with Crippen LogP contribution in [0.5, 0.6) is 0 Å². The molecule has 0 amide bonds. The number of benzene rings is 1. The van der Waals surface area contributed by atoms with Crippen LogP contribution in [0.1, 0.15) is 6.42 Å². The zero-order valence-corrected chi connectivity index (χ0v) is 10.1. The highest BCUT2D eigenvalue weighted by atomic mass is 35.5. The fraction of sp³-hybridized carbons (Fsp3) is 0.455. The van der Waals surface area contributed by atoms with Gasteiger partial charge in [-0.2, -0.15) is 0 Å². The van der Waals surface area contributed by atoms with Crippen molar-refractivity contribution >= 4 is 28.9 Å². The second-order valence-electron chi connectivity index (χ2n) is 3.99. The fourth-order valence-electron chi connectivity index (χ4n) is 1.89. The Kier molecular flexibility index (Phi) is 3.39. The van der Waals surface area contributed by atoms with Gasteiger partial charge in [0.05, 0.1) is 15.7 Å². The molecule has 0 aliphatic carbocycles. The molecule has 0 spiro atoms. The number of nitrogens with zero attached hydrogens (tertiary/aromatic N) is 1. The molecule has 4 heteroatoms. The smallest absolute Gasteiger partial charge is 0.0721 e. The van der Waals surface area contributed by atoms with Gasteiger partial charge >= 0.3 is 0 Å². The van der Waals surface area contributed by atoms with Crippen LogP contribution in [0.4, 0.5) is 5.69 Å². The summed E-state index contributed by atoms with van der Waals surface area (Å²) in [5.41, 5.74) is 0.862. The third-order valence-corrected chi connectivity index (χ3v) is 3.33. The minimum absolute atomic E-state index is 0.451. The second kappa shape index (κ2) is 4.60. The molecule has 82 valence electrons. The highest BCUT2D eigenvalue weighted by Crippen LogP contribution is 2.31. The van der Waals surface area contributed by atoms with E-state index < -0.39 is 0 Å². The normalized spacial score (nSPS) is 21.9. The maximum atomic E-state index is 6.08. The maximum Gasteiger partial charge on any atom is 0.0721 e. The molecule has 1 saturated heterocycles. The predicted molar refractivity (Wildman–Crippen MR) is 66.0 cm³/mol. The molecule has 1 unspecified atom stereocenters. The van der Waals surface area contributed by atoms with Crippen LogP contribution in [-0.2, 0) is 0 Å². The van der Waals surface area contributed by atoms with Crippen LogP contribution in [0.15, 0.2) is 18.2 Å². The molecule has 0 bridgehead atoms. The molecule has 1 aromatic carbocycles. The van der Waals surface area contributed by atoms with Crippen LogP contribution in [0.25, 0.3) is 0 Å². The zero-order chi connectivity index (χ0) is 10.8. The van der Waals surface area contributed by atoms with E-state index >= 15 is 0 Å². The Morgan fingerprint density at radius 3 is 2.53 bits per heavy atom. The summed E-state index contributed by atoms with van der Waals surface area (Å²) in [4.78, 5) is 2.29. The minimum Gasteiger partial charge on any atom is -0.379 e. The molecule has 1 aliphatic heterocycles. The summed E-state index contributed by atoms with van der Waals surface area (Å²) >= 11 is 12.2. The molecule has 0 saturated carbocycles. The number of likely N-dealkylation sites (tertiary alicyclic amines) is 1. The first-order chi connectivity index (χ1) is 7.16. The maximum absolute atomic E-state index is 6.08. The monoisotopic (exact) mass is 244 g/mol. The van der Waals surface area contributed by atoms with Crippen LogP contribution >= 0.6 is 23.2 Å². The Balaban J connectivity index is 2.10. The Morgan fingerprint density at radius 1 is 1.33 bits per heavy atom.